The first kappa shape index (κ1) is 25.8. The van der Waals surface area contributed by atoms with E-state index < -0.39 is 6.04 Å². The van der Waals surface area contributed by atoms with Gasteiger partial charge in [0.05, 0.1) is 5.02 Å². The molecule has 0 bridgehead atoms. The third-order valence-corrected chi connectivity index (χ3v) is 6.06. The minimum absolute atomic E-state index is 0.188. The molecule has 5 nitrogen and oxygen atoms in total. The number of nitrogens with zero attached hydrogens (tertiary/aromatic N) is 1. The Morgan fingerprint density at radius 2 is 1.71 bits per heavy atom. The minimum atomic E-state index is -0.699. The zero-order valence-electron chi connectivity index (χ0n) is 19.0. The summed E-state index contributed by atoms with van der Waals surface area (Å²) >= 11 is 9.68. The Morgan fingerprint density at radius 1 is 1.00 bits per heavy atom. The maximum Gasteiger partial charge on any atom is 0.261 e. The Kier molecular flexibility index (Phi) is 9.98. The molecule has 0 heterocycles. The van der Waals surface area contributed by atoms with E-state index in [1.54, 1.807) is 29.2 Å². The highest BCUT2D eigenvalue weighted by Crippen LogP contribution is 2.24. The fraction of sp³-hybridized carbons (Fsp3) is 0.259. The van der Waals surface area contributed by atoms with Gasteiger partial charge in [-0.1, -0.05) is 89.1 Å². The van der Waals surface area contributed by atoms with Gasteiger partial charge in [-0.05, 0) is 41.8 Å². The van der Waals surface area contributed by atoms with Crippen LogP contribution in [0.4, 0.5) is 0 Å². The Labute approximate surface area is 214 Å². The van der Waals surface area contributed by atoms with Crippen LogP contribution in [0.15, 0.2) is 83.3 Å². The Bertz CT molecular complexity index is 1090. The molecular weight excluding hydrogens is 516 g/mol. The van der Waals surface area contributed by atoms with E-state index in [-0.39, 0.29) is 25.0 Å². The van der Waals surface area contributed by atoms with Crippen molar-refractivity contribution in [3.8, 4) is 5.75 Å². The second-order valence-electron chi connectivity index (χ2n) is 7.87. The molecule has 1 N–H and O–H groups in total. The molecule has 0 radical (unpaired) electrons. The lowest BCUT2D eigenvalue weighted by Gasteiger charge is -2.31. The quantitative estimate of drug-likeness (QED) is 0.340. The molecule has 0 aliphatic heterocycles. The summed E-state index contributed by atoms with van der Waals surface area (Å²) in [6.45, 7) is 2.57. The first-order valence-corrected chi connectivity index (χ1v) is 12.4. The summed E-state index contributed by atoms with van der Waals surface area (Å²) in [5, 5.41) is 3.39. The van der Waals surface area contributed by atoms with Crippen molar-refractivity contribution >= 4 is 39.3 Å². The number of carbonyl (C=O) groups is 2. The highest BCUT2D eigenvalue weighted by atomic mass is 79.9. The largest absolute Gasteiger partial charge is 0.482 e. The zero-order chi connectivity index (χ0) is 24.3. The van der Waals surface area contributed by atoms with Crippen LogP contribution in [0.5, 0.6) is 5.75 Å². The molecule has 1 atom stereocenters. The number of halogens is 2. The van der Waals surface area contributed by atoms with Crippen molar-refractivity contribution in [1.29, 1.82) is 0 Å². The topological polar surface area (TPSA) is 58.6 Å². The molecular formula is C27H28BrClN2O3. The van der Waals surface area contributed by atoms with Crippen LogP contribution < -0.4 is 10.1 Å². The third-order valence-electron chi connectivity index (χ3n) is 5.25. The third kappa shape index (κ3) is 7.61. The lowest BCUT2D eigenvalue weighted by molar-refractivity contribution is -0.142. The molecule has 0 saturated heterocycles. The number of para-hydroxylation sites is 1. The number of carbonyl (C=O) groups excluding carboxylic acids is 2. The van der Waals surface area contributed by atoms with E-state index in [0.717, 1.165) is 22.0 Å². The SMILES string of the molecule is CCCNC(=O)[C@@H](Cc1ccccc1)N(Cc1cccc(Br)c1)C(=O)COc1ccccc1Cl. The highest BCUT2D eigenvalue weighted by Gasteiger charge is 2.30. The van der Waals surface area contributed by atoms with Crippen LogP contribution in [-0.2, 0) is 22.6 Å². The number of nitrogens with one attached hydrogen (secondary N) is 1. The van der Waals surface area contributed by atoms with Crippen molar-refractivity contribution in [2.75, 3.05) is 13.2 Å². The summed E-state index contributed by atoms with van der Waals surface area (Å²) in [4.78, 5) is 28.3. The summed E-state index contributed by atoms with van der Waals surface area (Å²) in [5.41, 5.74) is 1.88. The van der Waals surface area contributed by atoms with Crippen molar-refractivity contribution in [2.24, 2.45) is 0 Å². The van der Waals surface area contributed by atoms with Crippen LogP contribution in [0.3, 0.4) is 0 Å². The van der Waals surface area contributed by atoms with Crippen LogP contribution in [0.1, 0.15) is 24.5 Å². The summed E-state index contributed by atoms with van der Waals surface area (Å²) in [6.07, 6.45) is 1.20. The van der Waals surface area contributed by atoms with E-state index in [1.165, 1.54) is 0 Å². The fourth-order valence-corrected chi connectivity index (χ4v) is 4.17. The first-order chi connectivity index (χ1) is 16.5. The van der Waals surface area contributed by atoms with Crippen LogP contribution >= 0.6 is 27.5 Å². The van der Waals surface area contributed by atoms with E-state index in [9.17, 15) is 9.59 Å². The maximum atomic E-state index is 13.5. The molecule has 0 unspecified atom stereocenters. The second kappa shape index (κ2) is 13.2. The van der Waals surface area contributed by atoms with Gasteiger partial charge in [0, 0.05) is 24.0 Å². The van der Waals surface area contributed by atoms with E-state index in [0.29, 0.717) is 23.7 Å². The fourth-order valence-electron chi connectivity index (χ4n) is 3.54. The number of hydrogen-bond donors (Lipinski definition) is 1. The molecule has 34 heavy (non-hydrogen) atoms. The monoisotopic (exact) mass is 542 g/mol. The molecule has 3 rings (SSSR count). The standard InChI is InChI=1S/C27H28BrClN2O3/c1-2-15-30-27(33)24(17-20-9-4-3-5-10-20)31(18-21-11-8-12-22(28)16-21)26(32)19-34-25-14-7-6-13-23(25)29/h3-14,16,24H,2,15,17-19H2,1H3,(H,30,33)/t24-/m1/s1. The van der Waals surface area contributed by atoms with Crippen LogP contribution in [-0.4, -0.2) is 35.9 Å². The number of benzene rings is 3. The number of amides is 2. The van der Waals surface area contributed by atoms with Gasteiger partial charge in [0.15, 0.2) is 6.61 Å². The Hall–Kier alpha value is -2.83. The van der Waals surface area contributed by atoms with E-state index in [1.807, 2.05) is 61.5 Å². The van der Waals surface area contributed by atoms with E-state index in [4.69, 9.17) is 16.3 Å². The Morgan fingerprint density at radius 3 is 2.41 bits per heavy atom. The molecule has 0 aliphatic rings. The summed E-state index contributed by atoms with van der Waals surface area (Å²) < 4.78 is 6.64. The van der Waals surface area contributed by atoms with Crippen molar-refractivity contribution in [3.05, 3.63) is 99.5 Å². The van der Waals surface area contributed by atoms with Crippen molar-refractivity contribution in [3.63, 3.8) is 0 Å². The molecule has 0 aliphatic carbocycles. The van der Waals surface area contributed by atoms with Gasteiger partial charge < -0.3 is 15.0 Å². The average Bonchev–Trinajstić information content (AvgIpc) is 2.84. The van der Waals surface area contributed by atoms with Gasteiger partial charge in [0.1, 0.15) is 11.8 Å². The smallest absolute Gasteiger partial charge is 0.261 e. The normalized spacial score (nSPS) is 11.5. The molecule has 0 saturated carbocycles. The average molecular weight is 544 g/mol. The number of ether oxygens (including phenoxy) is 1. The van der Waals surface area contributed by atoms with Crippen LogP contribution in [0.25, 0.3) is 0 Å². The summed E-state index contributed by atoms with van der Waals surface area (Å²) in [7, 11) is 0. The van der Waals surface area contributed by atoms with Crippen molar-refractivity contribution in [1.82, 2.24) is 10.2 Å². The summed E-state index contributed by atoms with van der Waals surface area (Å²) in [5.74, 6) is -0.0609. The van der Waals surface area contributed by atoms with E-state index in [2.05, 4.69) is 21.2 Å². The van der Waals surface area contributed by atoms with E-state index >= 15 is 0 Å². The molecule has 178 valence electrons. The molecule has 0 spiro atoms. The van der Waals surface area contributed by atoms with Gasteiger partial charge in [-0.3, -0.25) is 9.59 Å². The molecule has 2 amide bonds. The summed E-state index contributed by atoms with van der Waals surface area (Å²) in [6, 6.07) is 23.7. The number of hydrogen-bond acceptors (Lipinski definition) is 3. The van der Waals surface area contributed by atoms with Crippen molar-refractivity contribution < 1.29 is 14.3 Å². The second-order valence-corrected chi connectivity index (χ2v) is 9.19. The van der Waals surface area contributed by atoms with Gasteiger partial charge in [-0.25, -0.2) is 0 Å². The molecule has 3 aromatic carbocycles. The van der Waals surface area contributed by atoms with Gasteiger partial charge >= 0.3 is 0 Å². The van der Waals surface area contributed by atoms with Gasteiger partial charge in [-0.2, -0.15) is 0 Å². The molecule has 0 aromatic heterocycles. The highest BCUT2D eigenvalue weighted by molar-refractivity contribution is 9.10. The maximum absolute atomic E-state index is 13.5. The Balaban J connectivity index is 1.90. The predicted molar refractivity (Wildman–Crippen MR) is 139 cm³/mol. The van der Waals surface area contributed by atoms with Gasteiger partial charge in [-0.15, -0.1) is 0 Å². The first-order valence-electron chi connectivity index (χ1n) is 11.2. The van der Waals surface area contributed by atoms with Crippen molar-refractivity contribution in [2.45, 2.75) is 32.4 Å². The van der Waals surface area contributed by atoms with Gasteiger partial charge in [0.2, 0.25) is 5.91 Å². The van der Waals surface area contributed by atoms with Crippen LogP contribution in [0, 0.1) is 0 Å². The lowest BCUT2D eigenvalue weighted by atomic mass is 10.0. The molecule has 0 fully saturated rings. The minimum Gasteiger partial charge on any atom is -0.482 e. The van der Waals surface area contributed by atoms with Gasteiger partial charge in [0.25, 0.3) is 5.91 Å². The molecule has 7 heteroatoms. The molecule has 3 aromatic rings. The zero-order valence-corrected chi connectivity index (χ0v) is 21.4. The predicted octanol–water partition coefficient (Wildman–Crippen LogP) is 5.65. The van der Waals surface area contributed by atoms with Crippen LogP contribution in [0.2, 0.25) is 5.02 Å². The number of rotatable bonds is 11. The lowest BCUT2D eigenvalue weighted by Crippen LogP contribution is -2.51.